The summed E-state index contributed by atoms with van der Waals surface area (Å²) in [5.41, 5.74) is 6.36. The van der Waals surface area contributed by atoms with E-state index in [2.05, 4.69) is 0 Å². The minimum absolute atomic E-state index is 0.161. The fourth-order valence-electron chi connectivity index (χ4n) is 1.40. The third kappa shape index (κ3) is 1.84. The molecule has 1 nitrogen and oxygen atoms in total. The van der Waals surface area contributed by atoms with E-state index in [1.165, 1.54) is 0 Å². The molecule has 0 unspecified atom stereocenters. The van der Waals surface area contributed by atoms with Gasteiger partial charge in [0.2, 0.25) is 0 Å². The van der Waals surface area contributed by atoms with Gasteiger partial charge in [-0.2, -0.15) is 0 Å². The van der Waals surface area contributed by atoms with Crippen molar-refractivity contribution in [3.05, 3.63) is 34.6 Å². The number of hydrogen-bond acceptors (Lipinski definition) is 1. The highest BCUT2D eigenvalue weighted by molar-refractivity contribution is 6.30. The van der Waals surface area contributed by atoms with Gasteiger partial charge in [-0.3, -0.25) is 0 Å². The normalized spacial score (nSPS) is 18.7. The maximum atomic E-state index is 13.4. The standard InChI is InChI=1S/C10H11ClFN/c11-8-3-1-2-7(9(8)12)6-10(13)4-5-10/h1-3H,4-6,13H2. The van der Waals surface area contributed by atoms with Gasteiger partial charge in [0.1, 0.15) is 5.82 Å². The molecule has 2 N–H and O–H groups in total. The van der Waals surface area contributed by atoms with Crippen LogP contribution >= 0.6 is 11.6 Å². The van der Waals surface area contributed by atoms with E-state index in [0.29, 0.717) is 12.0 Å². The van der Waals surface area contributed by atoms with E-state index in [4.69, 9.17) is 17.3 Å². The van der Waals surface area contributed by atoms with Crippen LogP contribution in [0.4, 0.5) is 4.39 Å². The lowest BCUT2D eigenvalue weighted by Gasteiger charge is -2.09. The Morgan fingerprint density at radius 1 is 1.46 bits per heavy atom. The molecule has 0 radical (unpaired) electrons. The molecule has 1 aromatic rings. The Hall–Kier alpha value is -0.600. The lowest BCUT2D eigenvalue weighted by Crippen LogP contribution is -2.25. The van der Waals surface area contributed by atoms with E-state index in [-0.39, 0.29) is 16.4 Å². The van der Waals surface area contributed by atoms with Crippen molar-refractivity contribution in [1.29, 1.82) is 0 Å². The van der Waals surface area contributed by atoms with E-state index < -0.39 is 0 Å². The Morgan fingerprint density at radius 2 is 2.15 bits per heavy atom. The fraction of sp³-hybridized carbons (Fsp3) is 0.400. The molecule has 1 aliphatic rings. The quantitative estimate of drug-likeness (QED) is 0.778. The van der Waals surface area contributed by atoms with Crippen molar-refractivity contribution in [1.82, 2.24) is 0 Å². The zero-order valence-electron chi connectivity index (χ0n) is 7.19. The molecule has 0 aromatic heterocycles. The van der Waals surface area contributed by atoms with Crippen molar-refractivity contribution in [2.24, 2.45) is 5.73 Å². The second kappa shape index (κ2) is 2.96. The summed E-state index contributed by atoms with van der Waals surface area (Å²) in [5, 5.41) is 0.182. The van der Waals surface area contributed by atoms with Gasteiger partial charge in [-0.25, -0.2) is 4.39 Å². The second-order valence-corrected chi connectivity index (χ2v) is 4.16. The van der Waals surface area contributed by atoms with E-state index >= 15 is 0 Å². The highest BCUT2D eigenvalue weighted by atomic mass is 35.5. The van der Waals surface area contributed by atoms with Crippen LogP contribution < -0.4 is 5.73 Å². The van der Waals surface area contributed by atoms with Crippen LogP contribution in [0, 0.1) is 5.82 Å². The summed E-state index contributed by atoms with van der Waals surface area (Å²) in [6, 6.07) is 5.05. The van der Waals surface area contributed by atoms with Crippen molar-refractivity contribution in [3.63, 3.8) is 0 Å². The van der Waals surface area contributed by atoms with Gasteiger partial charge in [-0.05, 0) is 30.9 Å². The number of nitrogens with two attached hydrogens (primary N) is 1. The first-order valence-corrected chi connectivity index (χ1v) is 4.70. The van der Waals surface area contributed by atoms with Crippen molar-refractivity contribution >= 4 is 11.6 Å². The monoisotopic (exact) mass is 199 g/mol. The summed E-state index contributed by atoms with van der Waals surface area (Å²) in [6.45, 7) is 0. The molecule has 13 heavy (non-hydrogen) atoms. The maximum absolute atomic E-state index is 13.4. The smallest absolute Gasteiger partial charge is 0.145 e. The average molecular weight is 200 g/mol. The first-order chi connectivity index (χ1) is 6.11. The Labute approximate surface area is 81.7 Å². The van der Waals surface area contributed by atoms with Gasteiger partial charge in [0, 0.05) is 5.54 Å². The zero-order valence-corrected chi connectivity index (χ0v) is 7.94. The molecule has 0 atom stereocenters. The number of hydrogen-bond donors (Lipinski definition) is 1. The lowest BCUT2D eigenvalue weighted by atomic mass is 10.0. The van der Waals surface area contributed by atoms with Crippen LogP contribution in [-0.4, -0.2) is 5.54 Å². The summed E-state index contributed by atoms with van der Waals surface area (Å²) in [4.78, 5) is 0. The van der Waals surface area contributed by atoms with Crippen LogP contribution in [0.5, 0.6) is 0 Å². The molecular weight excluding hydrogens is 189 g/mol. The molecule has 1 aliphatic carbocycles. The van der Waals surface area contributed by atoms with Crippen LogP contribution in [0.15, 0.2) is 18.2 Å². The Kier molecular flexibility index (Phi) is 2.05. The predicted octanol–water partition coefficient (Wildman–Crippen LogP) is 2.51. The molecule has 0 bridgehead atoms. The van der Waals surface area contributed by atoms with E-state index in [0.717, 1.165) is 12.8 Å². The minimum atomic E-state index is -0.319. The minimum Gasteiger partial charge on any atom is -0.325 e. The van der Waals surface area contributed by atoms with E-state index in [1.54, 1.807) is 18.2 Å². The highest BCUT2D eigenvalue weighted by Gasteiger charge is 2.38. The van der Waals surface area contributed by atoms with Crippen LogP contribution in [0.2, 0.25) is 5.02 Å². The highest BCUT2D eigenvalue weighted by Crippen LogP contribution is 2.36. The Balaban J connectivity index is 2.25. The molecule has 1 fully saturated rings. The summed E-state index contributed by atoms with van der Waals surface area (Å²) in [5.74, 6) is -0.319. The topological polar surface area (TPSA) is 26.0 Å². The van der Waals surface area contributed by atoms with E-state index in [1.807, 2.05) is 0 Å². The average Bonchev–Trinajstić information content (AvgIpc) is 2.78. The third-order valence-electron chi connectivity index (χ3n) is 2.47. The molecular formula is C10H11ClFN. The van der Waals surface area contributed by atoms with Gasteiger partial charge in [0.05, 0.1) is 5.02 Å². The Bertz CT molecular complexity index is 334. The summed E-state index contributed by atoms with van der Waals surface area (Å²) in [7, 11) is 0. The van der Waals surface area contributed by atoms with Crippen molar-refractivity contribution in [3.8, 4) is 0 Å². The largest absolute Gasteiger partial charge is 0.325 e. The lowest BCUT2D eigenvalue weighted by molar-refractivity contribution is 0.583. The summed E-state index contributed by atoms with van der Waals surface area (Å²) in [6.07, 6.45) is 2.57. The van der Waals surface area contributed by atoms with Crippen LogP contribution in [0.1, 0.15) is 18.4 Å². The van der Waals surface area contributed by atoms with Gasteiger partial charge in [0.25, 0.3) is 0 Å². The molecule has 0 amide bonds. The summed E-state index contributed by atoms with van der Waals surface area (Å²) >= 11 is 5.65. The molecule has 0 saturated heterocycles. The van der Waals surface area contributed by atoms with Crippen molar-refractivity contribution < 1.29 is 4.39 Å². The second-order valence-electron chi connectivity index (χ2n) is 3.75. The number of halogens is 2. The van der Waals surface area contributed by atoms with Crippen LogP contribution in [-0.2, 0) is 6.42 Å². The molecule has 0 heterocycles. The van der Waals surface area contributed by atoms with Crippen LogP contribution in [0.25, 0.3) is 0 Å². The van der Waals surface area contributed by atoms with Gasteiger partial charge in [-0.1, -0.05) is 23.7 Å². The molecule has 1 aromatic carbocycles. The molecule has 1 saturated carbocycles. The van der Waals surface area contributed by atoms with Crippen molar-refractivity contribution in [2.75, 3.05) is 0 Å². The van der Waals surface area contributed by atoms with Gasteiger partial charge in [0.15, 0.2) is 0 Å². The van der Waals surface area contributed by atoms with Gasteiger partial charge >= 0.3 is 0 Å². The predicted molar refractivity (Wildman–Crippen MR) is 51.3 cm³/mol. The zero-order chi connectivity index (χ0) is 9.47. The van der Waals surface area contributed by atoms with Gasteiger partial charge < -0.3 is 5.73 Å². The molecule has 0 aliphatic heterocycles. The number of benzene rings is 1. The first kappa shape index (κ1) is 8.97. The SMILES string of the molecule is NC1(Cc2cccc(Cl)c2F)CC1. The van der Waals surface area contributed by atoms with Gasteiger partial charge in [-0.15, -0.1) is 0 Å². The van der Waals surface area contributed by atoms with Crippen molar-refractivity contribution in [2.45, 2.75) is 24.8 Å². The maximum Gasteiger partial charge on any atom is 0.145 e. The molecule has 3 heteroatoms. The Morgan fingerprint density at radius 3 is 2.77 bits per heavy atom. The fourth-order valence-corrected chi connectivity index (χ4v) is 1.60. The van der Waals surface area contributed by atoms with Crippen LogP contribution in [0.3, 0.4) is 0 Å². The molecule has 70 valence electrons. The third-order valence-corrected chi connectivity index (χ3v) is 2.76. The first-order valence-electron chi connectivity index (χ1n) is 4.32. The molecule has 0 spiro atoms. The van der Waals surface area contributed by atoms with E-state index in [9.17, 15) is 4.39 Å². The summed E-state index contributed by atoms with van der Waals surface area (Å²) < 4.78 is 13.4. The number of rotatable bonds is 2. The molecule has 2 rings (SSSR count).